The van der Waals surface area contributed by atoms with Gasteiger partial charge in [0.15, 0.2) is 9.84 Å². The van der Waals surface area contributed by atoms with Gasteiger partial charge in [-0.2, -0.15) is 0 Å². The molecule has 3 aromatic rings. The molecule has 4 rings (SSSR count). The molecule has 0 spiro atoms. The number of sulfone groups is 1. The van der Waals surface area contributed by atoms with E-state index in [0.717, 1.165) is 0 Å². The van der Waals surface area contributed by atoms with Crippen LogP contribution in [0.15, 0.2) is 77.7 Å². The first-order valence-corrected chi connectivity index (χ1v) is 13.6. The Labute approximate surface area is 215 Å². The van der Waals surface area contributed by atoms with Crippen LogP contribution >= 0.6 is 0 Å². The van der Waals surface area contributed by atoms with E-state index in [1.54, 1.807) is 53.4 Å². The van der Waals surface area contributed by atoms with Crippen LogP contribution in [0.1, 0.15) is 10.4 Å². The number of methoxy groups -OCH3 is 1. The quantitative estimate of drug-likeness (QED) is 0.471. The highest BCUT2D eigenvalue weighted by molar-refractivity contribution is 7.90. The zero-order valence-corrected chi connectivity index (χ0v) is 21.4. The Morgan fingerprint density at radius 1 is 0.919 bits per heavy atom. The van der Waals surface area contributed by atoms with Gasteiger partial charge in [0, 0.05) is 43.7 Å². The average molecular weight is 526 g/mol. The third-order valence-electron chi connectivity index (χ3n) is 6.25. The first kappa shape index (κ1) is 26.2. The molecule has 0 aliphatic carbocycles. The number of ether oxygens (including phenoxy) is 1. The molecule has 1 fully saturated rings. The number of carbonyl (C=O) groups is 2. The minimum Gasteiger partial charge on any atom is -0.497 e. The molecule has 1 aliphatic heterocycles. The average Bonchev–Trinajstić information content (AvgIpc) is 2.91. The van der Waals surface area contributed by atoms with Crippen molar-refractivity contribution in [2.24, 2.45) is 0 Å². The van der Waals surface area contributed by atoms with E-state index < -0.39 is 21.6 Å². The zero-order valence-electron chi connectivity index (χ0n) is 20.6. The SMILES string of the molecule is COc1ccc(C(=O)N(CC(=O)N2CCN(c3ccccc3S(C)(=O)=O)CC2)c2ccc(F)cc2)cc1. The highest BCUT2D eigenvalue weighted by atomic mass is 32.2. The molecule has 194 valence electrons. The predicted octanol–water partition coefficient (Wildman–Crippen LogP) is 3.23. The molecule has 1 aliphatic rings. The first-order valence-electron chi connectivity index (χ1n) is 11.7. The largest absolute Gasteiger partial charge is 0.497 e. The summed E-state index contributed by atoms with van der Waals surface area (Å²) in [7, 11) is -1.88. The molecular weight excluding hydrogens is 497 g/mol. The second-order valence-electron chi connectivity index (χ2n) is 8.70. The monoisotopic (exact) mass is 525 g/mol. The van der Waals surface area contributed by atoms with Crippen molar-refractivity contribution in [2.45, 2.75) is 4.90 Å². The fourth-order valence-corrected chi connectivity index (χ4v) is 5.16. The van der Waals surface area contributed by atoms with Gasteiger partial charge in [-0.25, -0.2) is 12.8 Å². The summed E-state index contributed by atoms with van der Waals surface area (Å²) < 4.78 is 43.1. The van der Waals surface area contributed by atoms with Crippen molar-refractivity contribution in [1.82, 2.24) is 4.90 Å². The molecule has 0 unspecified atom stereocenters. The number of amides is 2. The normalized spacial score (nSPS) is 13.8. The Bertz CT molecular complexity index is 1370. The van der Waals surface area contributed by atoms with Crippen molar-refractivity contribution >= 4 is 33.0 Å². The number of benzene rings is 3. The van der Waals surface area contributed by atoms with E-state index >= 15 is 0 Å². The van der Waals surface area contributed by atoms with Gasteiger partial charge in [0.2, 0.25) is 5.91 Å². The molecule has 0 aromatic heterocycles. The Balaban J connectivity index is 1.50. The molecule has 1 saturated heterocycles. The Morgan fingerprint density at radius 2 is 1.54 bits per heavy atom. The lowest BCUT2D eigenvalue weighted by Crippen LogP contribution is -2.52. The van der Waals surface area contributed by atoms with Gasteiger partial charge in [-0.1, -0.05) is 12.1 Å². The minimum absolute atomic E-state index is 0.226. The Morgan fingerprint density at radius 3 is 2.14 bits per heavy atom. The predicted molar refractivity (Wildman–Crippen MR) is 139 cm³/mol. The number of hydrogen-bond donors (Lipinski definition) is 0. The summed E-state index contributed by atoms with van der Waals surface area (Å²) in [5.41, 5.74) is 1.37. The molecule has 0 radical (unpaired) electrons. The van der Waals surface area contributed by atoms with Crippen molar-refractivity contribution in [3.05, 3.63) is 84.2 Å². The van der Waals surface area contributed by atoms with E-state index in [0.29, 0.717) is 48.9 Å². The summed E-state index contributed by atoms with van der Waals surface area (Å²) in [4.78, 5) is 31.8. The molecule has 0 bridgehead atoms. The van der Waals surface area contributed by atoms with Gasteiger partial charge in [-0.05, 0) is 60.7 Å². The molecule has 0 N–H and O–H groups in total. The number of nitrogens with zero attached hydrogens (tertiary/aromatic N) is 3. The van der Waals surface area contributed by atoms with E-state index in [4.69, 9.17) is 4.74 Å². The summed E-state index contributed by atoms with van der Waals surface area (Å²) in [5.74, 6) is -0.515. The van der Waals surface area contributed by atoms with Gasteiger partial charge in [0.25, 0.3) is 5.91 Å². The molecular formula is C27H28FN3O5S. The van der Waals surface area contributed by atoms with E-state index in [9.17, 15) is 22.4 Å². The first-order chi connectivity index (χ1) is 17.7. The molecule has 37 heavy (non-hydrogen) atoms. The number of rotatable bonds is 7. The van der Waals surface area contributed by atoms with E-state index in [1.807, 2.05) is 4.90 Å². The second-order valence-corrected chi connectivity index (χ2v) is 10.7. The molecule has 1 heterocycles. The van der Waals surface area contributed by atoms with E-state index in [2.05, 4.69) is 0 Å². The number of para-hydroxylation sites is 1. The van der Waals surface area contributed by atoms with Gasteiger partial charge in [-0.3, -0.25) is 14.5 Å². The van der Waals surface area contributed by atoms with E-state index in [1.165, 1.54) is 42.5 Å². The lowest BCUT2D eigenvalue weighted by atomic mass is 10.1. The van der Waals surface area contributed by atoms with Crippen LogP contribution in [0.3, 0.4) is 0 Å². The summed E-state index contributed by atoms with van der Waals surface area (Å²) in [6, 6.07) is 18.8. The van der Waals surface area contributed by atoms with Crippen LogP contribution in [0.5, 0.6) is 5.75 Å². The maximum atomic E-state index is 13.6. The minimum atomic E-state index is -3.40. The van der Waals surface area contributed by atoms with Crippen molar-refractivity contribution in [1.29, 1.82) is 0 Å². The van der Waals surface area contributed by atoms with Crippen LogP contribution in [-0.4, -0.2) is 71.2 Å². The third-order valence-corrected chi connectivity index (χ3v) is 7.40. The number of anilines is 2. The van der Waals surface area contributed by atoms with Gasteiger partial charge in [0.1, 0.15) is 18.1 Å². The standard InChI is InChI=1S/C27H28FN3O5S/c1-36-23-13-7-20(8-14-23)27(33)31(22-11-9-21(28)10-12-22)19-26(32)30-17-15-29(16-18-30)24-5-3-4-6-25(24)37(2,34)35/h3-14H,15-19H2,1-2H3. The third kappa shape index (κ3) is 6.08. The molecule has 0 saturated carbocycles. The van der Waals surface area contributed by atoms with Crippen molar-refractivity contribution in [2.75, 3.05) is 55.9 Å². The van der Waals surface area contributed by atoms with Crippen molar-refractivity contribution in [3.8, 4) is 5.75 Å². The maximum Gasteiger partial charge on any atom is 0.258 e. The molecule has 8 nitrogen and oxygen atoms in total. The van der Waals surface area contributed by atoms with Crippen molar-refractivity contribution in [3.63, 3.8) is 0 Å². The summed E-state index contributed by atoms with van der Waals surface area (Å²) in [6.07, 6.45) is 1.18. The van der Waals surface area contributed by atoms with Crippen LogP contribution in [0.25, 0.3) is 0 Å². The lowest BCUT2D eigenvalue weighted by Gasteiger charge is -2.37. The topological polar surface area (TPSA) is 87.2 Å². The van der Waals surface area contributed by atoms with Crippen LogP contribution < -0.4 is 14.5 Å². The maximum absolute atomic E-state index is 13.6. The van der Waals surface area contributed by atoms with Crippen LogP contribution in [0.4, 0.5) is 15.8 Å². The molecule has 3 aromatic carbocycles. The number of piperazine rings is 1. The molecule has 0 atom stereocenters. The van der Waals surface area contributed by atoms with Crippen LogP contribution in [0.2, 0.25) is 0 Å². The Kier molecular flexibility index (Phi) is 7.77. The summed E-state index contributed by atoms with van der Waals surface area (Å²) in [6.45, 7) is 1.40. The lowest BCUT2D eigenvalue weighted by molar-refractivity contribution is -0.129. The Hall–Kier alpha value is -3.92. The van der Waals surface area contributed by atoms with Crippen LogP contribution in [-0.2, 0) is 14.6 Å². The van der Waals surface area contributed by atoms with Crippen molar-refractivity contribution < 1.29 is 27.1 Å². The van der Waals surface area contributed by atoms with Crippen LogP contribution in [0, 0.1) is 5.82 Å². The van der Waals surface area contributed by atoms with Gasteiger partial charge >= 0.3 is 0 Å². The van der Waals surface area contributed by atoms with Gasteiger partial charge in [0.05, 0.1) is 17.7 Å². The van der Waals surface area contributed by atoms with Gasteiger partial charge in [-0.15, -0.1) is 0 Å². The molecule has 2 amide bonds. The second kappa shape index (κ2) is 11.0. The highest BCUT2D eigenvalue weighted by Crippen LogP contribution is 2.26. The number of carbonyl (C=O) groups excluding carboxylic acids is 2. The smallest absolute Gasteiger partial charge is 0.258 e. The fraction of sp³-hybridized carbons (Fsp3) is 0.259. The van der Waals surface area contributed by atoms with Gasteiger partial charge < -0.3 is 14.5 Å². The molecule has 10 heteroatoms. The summed E-state index contributed by atoms with van der Waals surface area (Å²) >= 11 is 0. The highest BCUT2D eigenvalue weighted by Gasteiger charge is 2.28. The fourth-order valence-electron chi connectivity index (χ4n) is 4.25. The number of halogens is 1. The number of hydrogen-bond acceptors (Lipinski definition) is 6. The summed E-state index contributed by atoms with van der Waals surface area (Å²) in [5, 5.41) is 0. The zero-order chi connectivity index (χ0) is 26.6. The van der Waals surface area contributed by atoms with E-state index in [-0.39, 0.29) is 17.3 Å².